The number of benzene rings is 2. The Labute approximate surface area is 155 Å². The van der Waals surface area contributed by atoms with E-state index in [0.29, 0.717) is 5.69 Å². The SMILES string of the molecule is NC(=O)[C@@H]1[C@@H]2C(=O)N(c3ccccc3)C(=O)[C@H]2[C@H]2c3ccccc3C=C[NH+]12. The Hall–Kier alpha value is -3.25. The summed E-state index contributed by atoms with van der Waals surface area (Å²) >= 11 is 0. The third-order valence-electron chi connectivity index (χ3n) is 5.94. The molecule has 0 radical (unpaired) electrons. The van der Waals surface area contributed by atoms with Gasteiger partial charge in [0.05, 0.1) is 11.9 Å². The number of hydrogen-bond donors (Lipinski definition) is 2. The fourth-order valence-electron chi connectivity index (χ4n) is 4.91. The first-order valence-corrected chi connectivity index (χ1v) is 8.95. The summed E-state index contributed by atoms with van der Waals surface area (Å²) in [5, 5.41) is 0. The van der Waals surface area contributed by atoms with Crippen LogP contribution in [-0.2, 0) is 14.4 Å². The van der Waals surface area contributed by atoms with Gasteiger partial charge in [-0.3, -0.25) is 19.3 Å². The van der Waals surface area contributed by atoms with Crippen LogP contribution in [-0.4, -0.2) is 23.8 Å². The average Bonchev–Trinajstić information content (AvgIpc) is 3.16. The van der Waals surface area contributed by atoms with Gasteiger partial charge in [-0.05, 0) is 23.8 Å². The Bertz CT molecular complexity index is 1000. The van der Waals surface area contributed by atoms with Crippen LogP contribution < -0.4 is 15.5 Å². The van der Waals surface area contributed by atoms with Crippen molar-refractivity contribution >= 4 is 29.5 Å². The number of para-hydroxylation sites is 1. The molecule has 3 aliphatic heterocycles. The van der Waals surface area contributed by atoms with Gasteiger partial charge in [-0.25, -0.2) is 4.90 Å². The third-order valence-corrected chi connectivity index (χ3v) is 5.94. The smallest absolute Gasteiger partial charge is 0.277 e. The summed E-state index contributed by atoms with van der Waals surface area (Å²) in [4.78, 5) is 40.9. The van der Waals surface area contributed by atoms with Crippen molar-refractivity contribution < 1.29 is 19.3 Å². The number of hydrogen-bond acceptors (Lipinski definition) is 3. The van der Waals surface area contributed by atoms with Crippen molar-refractivity contribution in [2.75, 3.05) is 4.90 Å². The highest BCUT2D eigenvalue weighted by molar-refractivity contribution is 6.23. The monoisotopic (exact) mass is 360 g/mol. The number of nitrogens with zero attached hydrogens (tertiary/aromatic N) is 1. The molecule has 5 atom stereocenters. The van der Waals surface area contributed by atoms with Crippen LogP contribution in [0, 0.1) is 11.8 Å². The maximum atomic E-state index is 13.3. The standard InChI is InChI=1S/C21H17N3O3/c22-19(25)18-16-15(17-14-9-5-4-6-12(14)10-11-23(17)18)20(26)24(21(16)27)13-7-2-1-3-8-13/h1-11,15-18H,(H2,22,25)/p+1/t15-,16-,17-,18+/m1/s1. The van der Waals surface area contributed by atoms with Gasteiger partial charge in [-0.15, -0.1) is 0 Å². The minimum Gasteiger partial charge on any atom is -0.364 e. The van der Waals surface area contributed by atoms with Crippen LogP contribution in [0.25, 0.3) is 6.08 Å². The van der Waals surface area contributed by atoms with Crippen molar-refractivity contribution in [2.24, 2.45) is 17.6 Å². The van der Waals surface area contributed by atoms with Crippen LogP contribution >= 0.6 is 0 Å². The van der Waals surface area contributed by atoms with E-state index in [0.717, 1.165) is 16.0 Å². The number of carbonyl (C=O) groups excluding carboxylic acids is 3. The fourth-order valence-corrected chi connectivity index (χ4v) is 4.91. The van der Waals surface area contributed by atoms with Gasteiger partial charge in [0.15, 0.2) is 6.04 Å². The number of imide groups is 1. The summed E-state index contributed by atoms with van der Waals surface area (Å²) in [6.45, 7) is 0. The van der Waals surface area contributed by atoms with Crippen LogP contribution in [0.15, 0.2) is 60.8 Å². The fraction of sp³-hybridized carbons (Fsp3) is 0.190. The van der Waals surface area contributed by atoms with E-state index in [1.54, 1.807) is 24.3 Å². The summed E-state index contributed by atoms with van der Waals surface area (Å²) < 4.78 is 0. The summed E-state index contributed by atoms with van der Waals surface area (Å²) in [7, 11) is 0. The van der Waals surface area contributed by atoms with Gasteiger partial charge in [-0.2, -0.15) is 0 Å². The van der Waals surface area contributed by atoms with Gasteiger partial charge in [-0.1, -0.05) is 42.5 Å². The largest absolute Gasteiger partial charge is 0.364 e. The second-order valence-electron chi connectivity index (χ2n) is 7.22. The molecule has 6 heteroatoms. The average molecular weight is 360 g/mol. The summed E-state index contributed by atoms with van der Waals surface area (Å²) in [5.41, 5.74) is 8.21. The molecule has 0 aromatic heterocycles. The van der Waals surface area contributed by atoms with Gasteiger partial charge in [0.25, 0.3) is 5.91 Å². The normalized spacial score (nSPS) is 30.8. The zero-order valence-corrected chi connectivity index (χ0v) is 14.4. The number of fused-ring (bicyclic) bond motifs is 5. The first-order valence-electron chi connectivity index (χ1n) is 8.95. The molecule has 134 valence electrons. The Morgan fingerprint density at radius 3 is 2.33 bits per heavy atom. The van der Waals surface area contributed by atoms with E-state index in [4.69, 9.17) is 5.73 Å². The molecular weight excluding hydrogens is 342 g/mol. The van der Waals surface area contributed by atoms with E-state index in [-0.39, 0.29) is 17.9 Å². The van der Waals surface area contributed by atoms with Crippen molar-refractivity contribution in [3.05, 3.63) is 71.9 Å². The number of carbonyl (C=O) groups is 3. The Morgan fingerprint density at radius 1 is 0.926 bits per heavy atom. The third kappa shape index (κ3) is 2.07. The maximum Gasteiger partial charge on any atom is 0.277 e. The predicted molar refractivity (Wildman–Crippen MR) is 98.1 cm³/mol. The highest BCUT2D eigenvalue weighted by Crippen LogP contribution is 2.44. The molecule has 3 N–H and O–H groups in total. The first kappa shape index (κ1) is 16.0. The number of nitrogens with one attached hydrogen (secondary N) is 1. The zero-order valence-electron chi connectivity index (χ0n) is 14.4. The molecule has 3 heterocycles. The number of anilines is 1. The molecule has 1 unspecified atom stereocenters. The second-order valence-corrected chi connectivity index (χ2v) is 7.22. The van der Waals surface area contributed by atoms with Crippen molar-refractivity contribution in [1.82, 2.24) is 0 Å². The van der Waals surface area contributed by atoms with Crippen molar-refractivity contribution in [3.63, 3.8) is 0 Å². The summed E-state index contributed by atoms with van der Waals surface area (Å²) in [6.07, 6.45) is 3.80. The molecule has 5 rings (SSSR count). The topological polar surface area (TPSA) is 84.9 Å². The number of rotatable bonds is 2. The van der Waals surface area contributed by atoms with Crippen LogP contribution in [0.5, 0.6) is 0 Å². The highest BCUT2D eigenvalue weighted by Gasteiger charge is 2.67. The molecule has 3 amide bonds. The lowest BCUT2D eigenvalue weighted by Gasteiger charge is -2.29. The van der Waals surface area contributed by atoms with Crippen LogP contribution in [0.3, 0.4) is 0 Å². The van der Waals surface area contributed by atoms with Gasteiger partial charge in [0.2, 0.25) is 11.8 Å². The molecular formula is C21H18N3O3+. The molecule has 2 aromatic carbocycles. The molecule has 0 spiro atoms. The van der Waals surface area contributed by atoms with Crippen molar-refractivity contribution in [2.45, 2.75) is 12.1 Å². The lowest BCUT2D eigenvalue weighted by atomic mass is 9.84. The van der Waals surface area contributed by atoms with Crippen molar-refractivity contribution in [1.29, 1.82) is 0 Å². The van der Waals surface area contributed by atoms with Gasteiger partial charge < -0.3 is 5.73 Å². The number of amides is 3. The molecule has 0 aliphatic carbocycles. The van der Waals surface area contributed by atoms with Crippen LogP contribution in [0.2, 0.25) is 0 Å². The number of quaternary nitrogens is 1. The minimum atomic E-state index is -0.755. The second kappa shape index (κ2) is 5.62. The van der Waals surface area contributed by atoms with Gasteiger partial charge >= 0.3 is 0 Å². The molecule has 0 bridgehead atoms. The predicted octanol–water partition coefficient (Wildman–Crippen LogP) is 0.270. The quantitative estimate of drug-likeness (QED) is 0.754. The Balaban J connectivity index is 1.67. The minimum absolute atomic E-state index is 0.257. The molecule has 2 saturated heterocycles. The zero-order chi connectivity index (χ0) is 18.7. The maximum absolute atomic E-state index is 13.3. The highest BCUT2D eigenvalue weighted by atomic mass is 16.2. The Kier molecular flexibility index (Phi) is 3.32. The van der Waals surface area contributed by atoms with Crippen LogP contribution in [0.4, 0.5) is 5.69 Å². The molecule has 0 saturated carbocycles. The molecule has 6 nitrogen and oxygen atoms in total. The lowest BCUT2D eigenvalue weighted by molar-refractivity contribution is -0.884. The van der Waals surface area contributed by atoms with E-state index in [2.05, 4.69) is 0 Å². The van der Waals surface area contributed by atoms with E-state index >= 15 is 0 Å². The van der Waals surface area contributed by atoms with E-state index < -0.39 is 23.8 Å². The first-order chi connectivity index (χ1) is 13.1. The Morgan fingerprint density at radius 2 is 1.59 bits per heavy atom. The lowest BCUT2D eigenvalue weighted by Crippen LogP contribution is -3.12. The molecule has 27 heavy (non-hydrogen) atoms. The van der Waals surface area contributed by atoms with Gasteiger partial charge in [0.1, 0.15) is 17.9 Å². The number of nitrogens with two attached hydrogens (primary N) is 1. The van der Waals surface area contributed by atoms with E-state index in [1.807, 2.05) is 42.6 Å². The van der Waals surface area contributed by atoms with E-state index in [9.17, 15) is 14.4 Å². The molecule has 3 aliphatic rings. The van der Waals surface area contributed by atoms with Crippen LogP contribution in [0.1, 0.15) is 17.2 Å². The summed E-state index contributed by atoms with van der Waals surface area (Å²) in [5.74, 6) is -2.50. The summed E-state index contributed by atoms with van der Waals surface area (Å²) in [6, 6.07) is 15.6. The number of primary amides is 1. The molecule has 2 fully saturated rings. The molecule has 2 aromatic rings. The van der Waals surface area contributed by atoms with Crippen molar-refractivity contribution in [3.8, 4) is 0 Å². The van der Waals surface area contributed by atoms with Gasteiger partial charge in [0, 0.05) is 5.56 Å². The van der Waals surface area contributed by atoms with E-state index in [1.165, 1.54) is 4.90 Å².